The molecule has 8 heteroatoms. The Morgan fingerprint density at radius 1 is 0.963 bits per heavy atom. The number of nitrogens with zero attached hydrogens (tertiary/aromatic N) is 1. The van der Waals surface area contributed by atoms with E-state index in [1.807, 2.05) is 12.1 Å². The van der Waals surface area contributed by atoms with Crippen LogP contribution in [0, 0.1) is 17.5 Å². The first-order chi connectivity index (χ1) is 12.9. The van der Waals surface area contributed by atoms with Gasteiger partial charge >= 0.3 is 0 Å². The van der Waals surface area contributed by atoms with Gasteiger partial charge in [-0.25, -0.2) is 18.2 Å². The zero-order valence-electron chi connectivity index (χ0n) is 13.8. The lowest BCUT2D eigenvalue weighted by Gasteiger charge is -2.09. The number of amides is 1. The van der Waals surface area contributed by atoms with Crippen molar-refractivity contribution in [1.29, 1.82) is 0 Å². The molecule has 0 aliphatic carbocycles. The van der Waals surface area contributed by atoms with Crippen LogP contribution >= 0.6 is 11.6 Å². The van der Waals surface area contributed by atoms with Crippen LogP contribution < -0.4 is 10.6 Å². The highest BCUT2D eigenvalue weighted by Crippen LogP contribution is 2.20. The Labute approximate surface area is 158 Å². The lowest BCUT2D eigenvalue weighted by molar-refractivity contribution is 0.102. The molecule has 0 unspecified atom stereocenters. The molecule has 0 spiro atoms. The number of aromatic nitrogens is 1. The number of anilines is 2. The number of carbonyl (C=O) groups is 1. The Hall–Kier alpha value is -3.06. The van der Waals surface area contributed by atoms with Gasteiger partial charge in [-0.1, -0.05) is 23.7 Å². The molecule has 4 nitrogen and oxygen atoms in total. The van der Waals surface area contributed by atoms with Gasteiger partial charge < -0.3 is 10.6 Å². The van der Waals surface area contributed by atoms with Crippen LogP contribution in [0.4, 0.5) is 24.7 Å². The van der Waals surface area contributed by atoms with E-state index in [-0.39, 0.29) is 5.56 Å². The molecule has 2 aromatic carbocycles. The van der Waals surface area contributed by atoms with E-state index in [9.17, 15) is 18.0 Å². The second kappa shape index (κ2) is 8.09. The Balaban J connectivity index is 1.63. The van der Waals surface area contributed by atoms with Crippen molar-refractivity contribution in [2.45, 2.75) is 6.54 Å². The summed E-state index contributed by atoms with van der Waals surface area (Å²) in [5.41, 5.74) is 0.678. The number of rotatable bonds is 5. The third-order valence-electron chi connectivity index (χ3n) is 3.70. The zero-order chi connectivity index (χ0) is 19.4. The summed E-state index contributed by atoms with van der Waals surface area (Å²) in [5, 5.41) is 5.91. The molecule has 2 N–H and O–H groups in total. The fourth-order valence-corrected chi connectivity index (χ4v) is 2.37. The topological polar surface area (TPSA) is 54.0 Å². The Bertz CT molecular complexity index is 963. The van der Waals surface area contributed by atoms with Crippen molar-refractivity contribution >= 4 is 29.0 Å². The summed E-state index contributed by atoms with van der Waals surface area (Å²) in [7, 11) is 0. The van der Waals surface area contributed by atoms with Gasteiger partial charge in [-0.3, -0.25) is 4.79 Å². The Morgan fingerprint density at radius 2 is 1.70 bits per heavy atom. The van der Waals surface area contributed by atoms with Crippen molar-refractivity contribution in [3.63, 3.8) is 0 Å². The van der Waals surface area contributed by atoms with Crippen LogP contribution in [0.25, 0.3) is 0 Å². The average molecular weight is 392 g/mol. The van der Waals surface area contributed by atoms with Crippen LogP contribution in [-0.2, 0) is 6.54 Å². The van der Waals surface area contributed by atoms with E-state index in [4.69, 9.17) is 11.6 Å². The minimum Gasteiger partial charge on any atom is -0.366 e. The number of hydrogen-bond acceptors (Lipinski definition) is 3. The molecule has 138 valence electrons. The molecule has 3 rings (SSSR count). The van der Waals surface area contributed by atoms with Gasteiger partial charge in [-0.15, -0.1) is 0 Å². The maximum absolute atomic E-state index is 13.6. The van der Waals surface area contributed by atoms with E-state index >= 15 is 0 Å². The lowest BCUT2D eigenvalue weighted by Crippen LogP contribution is -2.14. The van der Waals surface area contributed by atoms with Crippen LogP contribution in [0.2, 0.25) is 5.02 Å². The average Bonchev–Trinajstić information content (AvgIpc) is 2.68. The van der Waals surface area contributed by atoms with E-state index in [0.29, 0.717) is 17.4 Å². The van der Waals surface area contributed by atoms with Gasteiger partial charge in [0, 0.05) is 17.8 Å². The molecule has 1 amide bonds. The first-order valence-electron chi connectivity index (χ1n) is 7.83. The van der Waals surface area contributed by atoms with Gasteiger partial charge in [-0.2, -0.15) is 0 Å². The van der Waals surface area contributed by atoms with E-state index in [1.54, 1.807) is 18.2 Å². The summed E-state index contributed by atoms with van der Waals surface area (Å²) in [6.07, 6.45) is 1.29. The molecule has 0 atom stereocenters. The van der Waals surface area contributed by atoms with Crippen molar-refractivity contribution in [3.05, 3.63) is 88.3 Å². The minimum absolute atomic E-state index is 0.135. The van der Waals surface area contributed by atoms with Crippen molar-refractivity contribution in [2.75, 3.05) is 10.6 Å². The molecular formula is C19H13ClF3N3O. The Kier molecular flexibility index (Phi) is 5.61. The predicted molar refractivity (Wildman–Crippen MR) is 97.3 cm³/mol. The lowest BCUT2D eigenvalue weighted by atomic mass is 10.2. The van der Waals surface area contributed by atoms with Crippen molar-refractivity contribution in [3.8, 4) is 0 Å². The molecule has 1 aromatic heterocycles. The van der Waals surface area contributed by atoms with Crippen LogP contribution in [0.1, 0.15) is 15.9 Å². The largest absolute Gasteiger partial charge is 0.366 e. The molecule has 0 aliphatic rings. The number of hydrogen-bond donors (Lipinski definition) is 2. The predicted octanol–water partition coefficient (Wildman–Crippen LogP) is 5.02. The number of carbonyl (C=O) groups excluding carboxylic acids is 1. The highest BCUT2D eigenvalue weighted by atomic mass is 35.5. The maximum atomic E-state index is 13.6. The van der Waals surface area contributed by atoms with E-state index < -0.39 is 29.0 Å². The van der Waals surface area contributed by atoms with Gasteiger partial charge in [0.15, 0.2) is 17.5 Å². The molecule has 0 fully saturated rings. The van der Waals surface area contributed by atoms with Crippen molar-refractivity contribution in [2.24, 2.45) is 0 Å². The summed E-state index contributed by atoms with van der Waals surface area (Å²) in [4.78, 5) is 16.2. The number of halogens is 4. The minimum atomic E-state index is -1.65. The quantitative estimate of drug-likeness (QED) is 0.601. The smallest absolute Gasteiger partial charge is 0.257 e. The van der Waals surface area contributed by atoms with Gasteiger partial charge in [0.25, 0.3) is 5.91 Å². The van der Waals surface area contributed by atoms with Gasteiger partial charge in [-0.05, 0) is 42.0 Å². The van der Waals surface area contributed by atoms with Crippen molar-refractivity contribution in [1.82, 2.24) is 4.98 Å². The van der Waals surface area contributed by atoms with Gasteiger partial charge in [0.2, 0.25) is 0 Å². The molecular weight excluding hydrogens is 379 g/mol. The zero-order valence-corrected chi connectivity index (χ0v) is 14.5. The standard InChI is InChI=1S/C19H13ClF3N3O/c20-13-4-1-11(2-5-13)9-24-16-8-3-12(10-25-16)19(27)26-15-7-6-14(21)17(22)18(15)23/h1-8,10H,9H2,(H,24,25)(H,26,27). The molecule has 1 heterocycles. The van der Waals surface area contributed by atoms with Gasteiger partial charge in [0.05, 0.1) is 11.3 Å². The summed E-state index contributed by atoms with van der Waals surface area (Å²) in [6, 6.07) is 12.0. The molecule has 27 heavy (non-hydrogen) atoms. The summed E-state index contributed by atoms with van der Waals surface area (Å²) in [6.45, 7) is 0.510. The van der Waals surface area contributed by atoms with E-state index in [1.165, 1.54) is 12.3 Å². The third-order valence-corrected chi connectivity index (χ3v) is 3.95. The molecule has 0 aliphatic heterocycles. The van der Waals surface area contributed by atoms with Crippen LogP contribution in [-0.4, -0.2) is 10.9 Å². The van der Waals surface area contributed by atoms with Crippen LogP contribution in [0.3, 0.4) is 0 Å². The number of benzene rings is 2. The SMILES string of the molecule is O=C(Nc1ccc(F)c(F)c1F)c1ccc(NCc2ccc(Cl)cc2)nc1. The summed E-state index contributed by atoms with van der Waals surface area (Å²) >= 11 is 5.83. The van der Waals surface area contributed by atoms with E-state index in [0.717, 1.165) is 17.7 Å². The highest BCUT2D eigenvalue weighted by molar-refractivity contribution is 6.30. The third kappa shape index (κ3) is 4.57. The highest BCUT2D eigenvalue weighted by Gasteiger charge is 2.16. The second-order valence-electron chi connectivity index (χ2n) is 5.59. The molecule has 0 saturated carbocycles. The monoisotopic (exact) mass is 391 g/mol. The van der Waals surface area contributed by atoms with Crippen LogP contribution in [0.5, 0.6) is 0 Å². The Morgan fingerprint density at radius 3 is 2.37 bits per heavy atom. The number of pyridine rings is 1. The molecule has 0 bridgehead atoms. The van der Waals surface area contributed by atoms with Crippen molar-refractivity contribution < 1.29 is 18.0 Å². The first-order valence-corrected chi connectivity index (χ1v) is 8.21. The fourth-order valence-electron chi connectivity index (χ4n) is 2.24. The maximum Gasteiger partial charge on any atom is 0.257 e. The van der Waals surface area contributed by atoms with E-state index in [2.05, 4.69) is 15.6 Å². The molecule has 0 radical (unpaired) electrons. The first kappa shape index (κ1) is 18.7. The normalized spacial score (nSPS) is 10.5. The molecule has 3 aromatic rings. The second-order valence-corrected chi connectivity index (χ2v) is 6.03. The number of nitrogens with one attached hydrogen (secondary N) is 2. The fraction of sp³-hybridized carbons (Fsp3) is 0.0526. The van der Waals surface area contributed by atoms with Crippen LogP contribution in [0.15, 0.2) is 54.7 Å². The summed E-state index contributed by atoms with van der Waals surface area (Å²) in [5.74, 6) is -4.61. The summed E-state index contributed by atoms with van der Waals surface area (Å²) < 4.78 is 39.8. The van der Waals surface area contributed by atoms with Gasteiger partial charge in [0.1, 0.15) is 5.82 Å². The molecule has 0 saturated heterocycles.